The van der Waals surface area contributed by atoms with Crippen LogP contribution in [0.2, 0.25) is 0 Å². The second-order valence-electron chi connectivity index (χ2n) is 11.4. The van der Waals surface area contributed by atoms with Gasteiger partial charge in [-0.15, -0.1) is 0 Å². The Bertz CT molecular complexity index is 2230. The Balaban J connectivity index is 1.14. The molecule has 4 heteroatoms. The fourth-order valence-electron chi connectivity index (χ4n) is 6.74. The first-order valence-electron chi connectivity index (χ1n) is 15.1. The van der Waals surface area contributed by atoms with Crippen LogP contribution in [0.15, 0.2) is 145 Å². The number of fused-ring (bicyclic) bond motifs is 6. The molecule has 4 nitrogen and oxygen atoms in total. The third-order valence-electron chi connectivity index (χ3n) is 8.86. The van der Waals surface area contributed by atoms with E-state index >= 15 is 0 Å². The molecule has 0 bridgehead atoms. The van der Waals surface area contributed by atoms with E-state index in [1.54, 1.807) is 0 Å². The predicted molar refractivity (Wildman–Crippen MR) is 185 cm³/mol. The fourth-order valence-corrected chi connectivity index (χ4v) is 6.74. The second-order valence-corrected chi connectivity index (χ2v) is 11.4. The summed E-state index contributed by atoms with van der Waals surface area (Å²) >= 11 is 0. The topological polar surface area (TPSA) is 48.2 Å². The first kappa shape index (κ1) is 26.1. The minimum atomic E-state index is 0.294. The third kappa shape index (κ3) is 4.43. The van der Waals surface area contributed by atoms with Crippen LogP contribution in [-0.4, -0.2) is 15.3 Å². The number of hydrogen-bond donors (Lipinski definition) is 1. The van der Waals surface area contributed by atoms with Crippen molar-refractivity contribution in [2.45, 2.75) is 19.0 Å². The lowest BCUT2D eigenvalue weighted by Crippen LogP contribution is -2.08. The summed E-state index contributed by atoms with van der Waals surface area (Å²) in [5, 5.41) is 3.87. The summed E-state index contributed by atoms with van der Waals surface area (Å²) in [4.78, 5) is 4.75. The van der Waals surface area contributed by atoms with Crippen molar-refractivity contribution >= 4 is 50.7 Å². The highest BCUT2D eigenvalue weighted by Gasteiger charge is 2.23. The summed E-state index contributed by atoms with van der Waals surface area (Å²) in [6.07, 6.45) is 9.31. The van der Waals surface area contributed by atoms with Gasteiger partial charge in [-0.25, -0.2) is 0 Å². The van der Waals surface area contributed by atoms with Gasteiger partial charge in [-0.3, -0.25) is 4.99 Å². The fraction of sp³-hybridized carbons (Fsp3) is 0.0750. The van der Waals surface area contributed by atoms with Gasteiger partial charge in [0, 0.05) is 45.4 Å². The van der Waals surface area contributed by atoms with Crippen LogP contribution in [0.1, 0.15) is 28.3 Å². The second kappa shape index (κ2) is 10.9. The van der Waals surface area contributed by atoms with Crippen LogP contribution in [0.4, 0.5) is 0 Å². The average Bonchev–Trinajstić information content (AvgIpc) is 3.59. The van der Waals surface area contributed by atoms with Gasteiger partial charge >= 0.3 is 0 Å². The van der Waals surface area contributed by atoms with Crippen LogP contribution in [0.5, 0.6) is 0 Å². The molecule has 1 atom stereocenters. The number of benzene rings is 5. The van der Waals surface area contributed by atoms with Gasteiger partial charge in [0.25, 0.3) is 0 Å². The molecule has 8 rings (SSSR count). The Morgan fingerprint density at radius 3 is 2.23 bits per heavy atom. The van der Waals surface area contributed by atoms with Crippen LogP contribution in [0, 0.1) is 0 Å². The molecule has 1 aliphatic rings. The van der Waals surface area contributed by atoms with Crippen molar-refractivity contribution in [3.8, 4) is 5.69 Å². The van der Waals surface area contributed by atoms with E-state index in [9.17, 15) is 0 Å². The number of hydrogen-bond acceptors (Lipinski definition) is 2. The standard InChI is InChI=1S/C40H32N4/c41-36(28-11-3-1-4-12-28)23-24-42-27-43-37-17-9-7-15-32(37)34-25-29(19-21-38(34)43)30-20-22-40-35(26-30)33-16-8-10-18-39(33)44(40)31-13-5-2-6-14-31/h1-24,26,29H,25,27,41H2. The van der Waals surface area contributed by atoms with E-state index < -0.39 is 0 Å². The number of aromatic nitrogens is 2. The largest absolute Gasteiger partial charge is 0.398 e. The molecule has 0 fully saturated rings. The molecule has 7 aromatic rings. The van der Waals surface area contributed by atoms with Gasteiger partial charge in [-0.2, -0.15) is 0 Å². The molecule has 0 amide bonds. The number of nitrogens with two attached hydrogens (primary N) is 1. The highest BCUT2D eigenvalue weighted by molar-refractivity contribution is 6.09. The molecule has 5 aromatic carbocycles. The van der Waals surface area contributed by atoms with Crippen molar-refractivity contribution in [1.29, 1.82) is 0 Å². The average molecular weight is 569 g/mol. The number of allylic oxidation sites excluding steroid dienone is 2. The molecule has 2 heterocycles. The molecule has 2 N–H and O–H groups in total. The molecule has 0 radical (unpaired) electrons. The number of nitrogens with zero attached hydrogens (tertiary/aromatic N) is 3. The normalized spacial score (nSPS) is 15.1. The monoisotopic (exact) mass is 568 g/mol. The van der Waals surface area contributed by atoms with Crippen molar-refractivity contribution < 1.29 is 0 Å². The van der Waals surface area contributed by atoms with Gasteiger partial charge in [-0.1, -0.05) is 97.1 Å². The van der Waals surface area contributed by atoms with Gasteiger partial charge in [0.05, 0.1) is 16.6 Å². The van der Waals surface area contributed by atoms with Crippen LogP contribution in [0.25, 0.3) is 50.2 Å². The Morgan fingerprint density at radius 1 is 0.727 bits per heavy atom. The number of aliphatic imine (C=N–C) groups is 1. The molecular weight excluding hydrogens is 536 g/mol. The Morgan fingerprint density at radius 2 is 1.41 bits per heavy atom. The number of para-hydroxylation sites is 3. The van der Waals surface area contributed by atoms with E-state index in [1.165, 1.54) is 55.2 Å². The highest BCUT2D eigenvalue weighted by atomic mass is 15.1. The van der Waals surface area contributed by atoms with Gasteiger partial charge in [0.2, 0.25) is 0 Å². The maximum Gasteiger partial charge on any atom is 0.114 e. The molecule has 0 saturated carbocycles. The van der Waals surface area contributed by atoms with Crippen molar-refractivity contribution in [3.63, 3.8) is 0 Å². The van der Waals surface area contributed by atoms with Crippen molar-refractivity contribution in [3.05, 3.63) is 162 Å². The van der Waals surface area contributed by atoms with Gasteiger partial charge in [-0.05, 0) is 71.7 Å². The van der Waals surface area contributed by atoms with E-state index in [1.807, 2.05) is 42.6 Å². The van der Waals surface area contributed by atoms with E-state index in [4.69, 9.17) is 10.7 Å². The lowest BCUT2D eigenvalue weighted by Gasteiger charge is -2.19. The summed E-state index contributed by atoms with van der Waals surface area (Å²) in [5.41, 5.74) is 16.8. The Labute approximate surface area is 256 Å². The third-order valence-corrected chi connectivity index (χ3v) is 8.86. The molecule has 2 aromatic heterocycles. The zero-order valence-corrected chi connectivity index (χ0v) is 24.3. The van der Waals surface area contributed by atoms with Crippen molar-refractivity contribution in [2.75, 3.05) is 0 Å². The molecular formula is C40H32N4. The van der Waals surface area contributed by atoms with Crippen LogP contribution in [-0.2, 0) is 13.1 Å². The summed E-state index contributed by atoms with van der Waals surface area (Å²) in [6, 6.07) is 45.1. The quantitative estimate of drug-likeness (QED) is 0.200. The lowest BCUT2D eigenvalue weighted by atomic mass is 9.86. The Hall–Kier alpha value is -5.61. The van der Waals surface area contributed by atoms with Crippen molar-refractivity contribution in [1.82, 2.24) is 9.13 Å². The zero-order valence-electron chi connectivity index (χ0n) is 24.3. The lowest BCUT2D eigenvalue weighted by molar-refractivity contribution is 0.742. The minimum Gasteiger partial charge on any atom is -0.398 e. The minimum absolute atomic E-state index is 0.294. The van der Waals surface area contributed by atoms with E-state index in [0.29, 0.717) is 18.3 Å². The predicted octanol–water partition coefficient (Wildman–Crippen LogP) is 9.12. The van der Waals surface area contributed by atoms with Gasteiger partial charge < -0.3 is 14.9 Å². The molecule has 1 unspecified atom stereocenters. The summed E-state index contributed by atoms with van der Waals surface area (Å²) in [5.74, 6) is 0.294. The van der Waals surface area contributed by atoms with E-state index in [2.05, 4.69) is 118 Å². The van der Waals surface area contributed by atoms with Gasteiger partial charge in [0.15, 0.2) is 0 Å². The van der Waals surface area contributed by atoms with Crippen LogP contribution >= 0.6 is 0 Å². The van der Waals surface area contributed by atoms with Crippen molar-refractivity contribution in [2.24, 2.45) is 10.7 Å². The Kier molecular flexibility index (Phi) is 6.45. The van der Waals surface area contributed by atoms with E-state index in [-0.39, 0.29) is 0 Å². The van der Waals surface area contributed by atoms with E-state index in [0.717, 1.165) is 12.0 Å². The highest BCUT2D eigenvalue weighted by Crippen LogP contribution is 2.39. The maximum absolute atomic E-state index is 6.27. The SMILES string of the molecule is NC(=CC=NCn1c2c(c3ccccc31)CC(c1ccc3c(c1)c1ccccc1n3-c1ccccc1)C=C2)c1ccccc1. The summed E-state index contributed by atoms with van der Waals surface area (Å²) < 4.78 is 4.69. The molecule has 212 valence electrons. The molecule has 0 aliphatic heterocycles. The first-order chi connectivity index (χ1) is 21.8. The molecule has 44 heavy (non-hydrogen) atoms. The maximum atomic E-state index is 6.27. The molecule has 1 aliphatic carbocycles. The first-order valence-corrected chi connectivity index (χ1v) is 15.1. The molecule has 0 saturated heterocycles. The number of rotatable bonds is 6. The summed E-state index contributed by atoms with van der Waals surface area (Å²) in [6.45, 7) is 0.536. The van der Waals surface area contributed by atoms with Crippen LogP contribution in [0.3, 0.4) is 0 Å². The van der Waals surface area contributed by atoms with Crippen LogP contribution < -0.4 is 5.73 Å². The van der Waals surface area contributed by atoms with Gasteiger partial charge in [0.1, 0.15) is 6.67 Å². The zero-order chi connectivity index (χ0) is 29.5. The molecule has 0 spiro atoms. The smallest absolute Gasteiger partial charge is 0.114 e. The summed E-state index contributed by atoms with van der Waals surface area (Å²) in [7, 11) is 0.